The largest absolute Gasteiger partial charge is 0.398 e. The van der Waals surface area contributed by atoms with E-state index in [0.29, 0.717) is 24.3 Å². The SMILES string of the molecule is Nc1ccncc1-c1cccc(C(=O)N2CCC[C@@H](C(=O)N3CCCC3)C2)c1. The van der Waals surface area contributed by atoms with E-state index in [2.05, 4.69) is 4.98 Å². The molecule has 146 valence electrons. The standard InChI is InChI=1S/C22H26N4O2/c23-20-8-9-24-14-19(20)16-5-3-6-17(13-16)21(27)26-12-4-7-18(15-26)22(28)25-10-1-2-11-25/h3,5-6,8-9,13-14,18H,1-2,4,7,10-12,15H2,(H2,23,24)/t18-/m1/s1. The summed E-state index contributed by atoms with van der Waals surface area (Å²) < 4.78 is 0. The fourth-order valence-electron chi connectivity index (χ4n) is 4.21. The third-order valence-corrected chi connectivity index (χ3v) is 5.75. The van der Waals surface area contributed by atoms with E-state index >= 15 is 0 Å². The third kappa shape index (κ3) is 3.72. The van der Waals surface area contributed by atoms with Gasteiger partial charge in [0.2, 0.25) is 5.91 Å². The number of likely N-dealkylation sites (tertiary alicyclic amines) is 2. The summed E-state index contributed by atoms with van der Waals surface area (Å²) in [7, 11) is 0. The number of piperidine rings is 1. The van der Waals surface area contributed by atoms with Gasteiger partial charge < -0.3 is 15.5 Å². The van der Waals surface area contributed by atoms with Crippen molar-refractivity contribution in [3.63, 3.8) is 0 Å². The number of carbonyl (C=O) groups is 2. The monoisotopic (exact) mass is 378 g/mol. The van der Waals surface area contributed by atoms with Crippen molar-refractivity contribution in [3.05, 3.63) is 48.3 Å². The average Bonchev–Trinajstić information content (AvgIpc) is 3.28. The summed E-state index contributed by atoms with van der Waals surface area (Å²) in [5.74, 6) is 0.114. The van der Waals surface area contributed by atoms with Gasteiger partial charge in [-0.2, -0.15) is 0 Å². The number of rotatable bonds is 3. The van der Waals surface area contributed by atoms with E-state index in [-0.39, 0.29) is 17.7 Å². The first kappa shape index (κ1) is 18.5. The minimum atomic E-state index is -0.0760. The zero-order valence-corrected chi connectivity index (χ0v) is 16.0. The molecule has 0 aliphatic carbocycles. The maximum Gasteiger partial charge on any atom is 0.253 e. The Morgan fingerprint density at radius 3 is 2.61 bits per heavy atom. The van der Waals surface area contributed by atoms with Crippen molar-refractivity contribution in [2.24, 2.45) is 5.92 Å². The molecule has 2 aliphatic rings. The van der Waals surface area contributed by atoms with Gasteiger partial charge in [-0.25, -0.2) is 0 Å². The predicted octanol–water partition coefficient (Wildman–Crippen LogP) is 2.81. The molecule has 0 radical (unpaired) electrons. The van der Waals surface area contributed by atoms with Crippen molar-refractivity contribution >= 4 is 17.5 Å². The van der Waals surface area contributed by atoms with Crippen molar-refractivity contribution in [1.82, 2.24) is 14.8 Å². The molecule has 2 aliphatic heterocycles. The van der Waals surface area contributed by atoms with Crippen LogP contribution < -0.4 is 5.73 Å². The summed E-state index contributed by atoms with van der Waals surface area (Å²) in [6.07, 6.45) is 7.27. The molecule has 0 unspecified atom stereocenters. The Balaban J connectivity index is 1.50. The van der Waals surface area contributed by atoms with Gasteiger partial charge in [-0.05, 0) is 49.4 Å². The number of hydrogen-bond donors (Lipinski definition) is 1. The Kier molecular flexibility index (Phi) is 5.28. The van der Waals surface area contributed by atoms with Crippen LogP contribution in [0.1, 0.15) is 36.0 Å². The van der Waals surface area contributed by atoms with E-state index in [9.17, 15) is 9.59 Å². The van der Waals surface area contributed by atoms with Crippen LogP contribution in [0, 0.1) is 5.92 Å². The van der Waals surface area contributed by atoms with E-state index in [4.69, 9.17) is 5.73 Å². The number of nitrogen functional groups attached to an aromatic ring is 1. The van der Waals surface area contributed by atoms with Gasteiger partial charge in [0.1, 0.15) is 0 Å². The number of anilines is 1. The smallest absolute Gasteiger partial charge is 0.253 e. The minimum absolute atomic E-state index is 0.0248. The first-order valence-electron chi connectivity index (χ1n) is 10.0. The summed E-state index contributed by atoms with van der Waals surface area (Å²) in [6.45, 7) is 2.92. The lowest BCUT2D eigenvalue weighted by molar-refractivity contribution is -0.135. The van der Waals surface area contributed by atoms with Gasteiger partial charge in [-0.3, -0.25) is 14.6 Å². The summed E-state index contributed by atoms with van der Waals surface area (Å²) in [6, 6.07) is 9.24. The Morgan fingerprint density at radius 1 is 1.04 bits per heavy atom. The van der Waals surface area contributed by atoms with Crippen molar-refractivity contribution in [3.8, 4) is 11.1 Å². The quantitative estimate of drug-likeness (QED) is 0.891. The maximum absolute atomic E-state index is 13.1. The molecule has 4 rings (SSSR count). The van der Waals surface area contributed by atoms with Crippen LogP contribution in [0.25, 0.3) is 11.1 Å². The lowest BCUT2D eigenvalue weighted by Gasteiger charge is -2.34. The van der Waals surface area contributed by atoms with Gasteiger partial charge in [0, 0.05) is 55.4 Å². The van der Waals surface area contributed by atoms with Crippen molar-refractivity contribution in [2.75, 3.05) is 31.9 Å². The van der Waals surface area contributed by atoms with Crippen LogP contribution in [-0.2, 0) is 4.79 Å². The Hall–Kier alpha value is -2.89. The van der Waals surface area contributed by atoms with Crippen LogP contribution in [0.2, 0.25) is 0 Å². The molecular weight excluding hydrogens is 352 g/mol. The average molecular weight is 378 g/mol. The number of carbonyl (C=O) groups excluding carboxylic acids is 2. The highest BCUT2D eigenvalue weighted by molar-refractivity contribution is 5.96. The number of hydrogen-bond acceptors (Lipinski definition) is 4. The fourth-order valence-corrected chi connectivity index (χ4v) is 4.21. The van der Waals surface area contributed by atoms with Gasteiger partial charge in [0.15, 0.2) is 0 Å². The van der Waals surface area contributed by atoms with Gasteiger partial charge in [0.05, 0.1) is 5.92 Å². The first-order chi connectivity index (χ1) is 13.6. The fraction of sp³-hybridized carbons (Fsp3) is 0.409. The second-order valence-electron chi connectivity index (χ2n) is 7.67. The molecule has 6 nitrogen and oxygen atoms in total. The number of benzene rings is 1. The summed E-state index contributed by atoms with van der Waals surface area (Å²) >= 11 is 0. The van der Waals surface area contributed by atoms with Crippen LogP contribution in [0.3, 0.4) is 0 Å². The van der Waals surface area contributed by atoms with E-state index in [1.165, 1.54) is 0 Å². The van der Waals surface area contributed by atoms with E-state index in [0.717, 1.165) is 49.9 Å². The second kappa shape index (κ2) is 8.00. The van der Waals surface area contributed by atoms with Gasteiger partial charge in [-0.1, -0.05) is 12.1 Å². The molecule has 3 heterocycles. The van der Waals surface area contributed by atoms with Crippen LogP contribution in [0.4, 0.5) is 5.69 Å². The molecule has 2 fully saturated rings. The maximum atomic E-state index is 13.1. The molecule has 2 aromatic rings. The van der Waals surface area contributed by atoms with Gasteiger partial charge >= 0.3 is 0 Å². The lowest BCUT2D eigenvalue weighted by atomic mass is 9.95. The molecular formula is C22H26N4O2. The highest BCUT2D eigenvalue weighted by Gasteiger charge is 2.32. The summed E-state index contributed by atoms with van der Waals surface area (Å²) in [4.78, 5) is 33.8. The lowest BCUT2D eigenvalue weighted by Crippen LogP contribution is -2.46. The molecule has 2 amide bonds. The number of nitrogens with two attached hydrogens (primary N) is 1. The molecule has 1 aromatic heterocycles. The molecule has 0 saturated carbocycles. The number of aromatic nitrogens is 1. The Labute approximate surface area is 165 Å². The van der Waals surface area contributed by atoms with Crippen LogP contribution in [0.5, 0.6) is 0 Å². The van der Waals surface area contributed by atoms with Crippen LogP contribution in [-0.4, -0.2) is 52.8 Å². The Bertz CT molecular complexity index is 876. The highest BCUT2D eigenvalue weighted by Crippen LogP contribution is 2.27. The van der Waals surface area contributed by atoms with Gasteiger partial charge in [-0.15, -0.1) is 0 Å². The normalized spacial score (nSPS) is 19.6. The minimum Gasteiger partial charge on any atom is -0.398 e. The van der Waals surface area contributed by atoms with Crippen LogP contribution in [0.15, 0.2) is 42.7 Å². The Morgan fingerprint density at radius 2 is 1.82 bits per heavy atom. The van der Waals surface area contributed by atoms with Crippen molar-refractivity contribution in [2.45, 2.75) is 25.7 Å². The second-order valence-corrected chi connectivity index (χ2v) is 7.67. The zero-order chi connectivity index (χ0) is 19.5. The number of pyridine rings is 1. The molecule has 2 N–H and O–H groups in total. The molecule has 2 saturated heterocycles. The molecule has 6 heteroatoms. The van der Waals surface area contributed by atoms with Crippen LogP contribution >= 0.6 is 0 Å². The molecule has 1 atom stereocenters. The molecule has 28 heavy (non-hydrogen) atoms. The number of nitrogens with zero attached hydrogens (tertiary/aromatic N) is 3. The van der Waals surface area contributed by atoms with E-state index in [1.54, 1.807) is 18.5 Å². The molecule has 0 bridgehead atoms. The summed E-state index contributed by atoms with van der Waals surface area (Å²) in [5, 5.41) is 0. The number of amides is 2. The molecule has 1 aromatic carbocycles. The van der Waals surface area contributed by atoms with Gasteiger partial charge in [0.25, 0.3) is 5.91 Å². The predicted molar refractivity (Wildman–Crippen MR) is 109 cm³/mol. The van der Waals surface area contributed by atoms with E-state index in [1.807, 2.05) is 34.1 Å². The topological polar surface area (TPSA) is 79.5 Å². The van der Waals surface area contributed by atoms with E-state index < -0.39 is 0 Å². The molecule has 0 spiro atoms. The highest BCUT2D eigenvalue weighted by atomic mass is 16.2. The first-order valence-corrected chi connectivity index (χ1v) is 10.0. The van der Waals surface area contributed by atoms with Crippen molar-refractivity contribution < 1.29 is 9.59 Å². The zero-order valence-electron chi connectivity index (χ0n) is 16.0. The third-order valence-electron chi connectivity index (χ3n) is 5.75. The van der Waals surface area contributed by atoms with Crippen molar-refractivity contribution in [1.29, 1.82) is 0 Å². The summed E-state index contributed by atoms with van der Waals surface area (Å²) in [5.41, 5.74) is 9.00.